The maximum Gasteiger partial charge on any atom is 0.115 e. The number of imidazole rings is 1. The zero-order chi connectivity index (χ0) is 15.0. The number of fused-ring (bicyclic) bond motifs is 1. The van der Waals surface area contributed by atoms with Crippen molar-refractivity contribution < 1.29 is 0 Å². The lowest BCUT2D eigenvalue weighted by Crippen LogP contribution is -2.04. The van der Waals surface area contributed by atoms with E-state index < -0.39 is 0 Å². The van der Waals surface area contributed by atoms with Crippen LogP contribution >= 0.6 is 39.1 Å². The molecule has 0 aliphatic heterocycles. The molecule has 0 aliphatic rings. The number of aromatic nitrogens is 2. The Labute approximate surface area is 141 Å². The van der Waals surface area contributed by atoms with Crippen LogP contribution in [-0.2, 0) is 6.42 Å². The van der Waals surface area contributed by atoms with Gasteiger partial charge in [0.15, 0.2) is 0 Å². The number of halogens is 3. The molecule has 0 saturated carbocycles. The summed E-state index contributed by atoms with van der Waals surface area (Å²) in [6.07, 6.45) is 0.693. The third-order valence-corrected chi connectivity index (χ3v) is 4.41. The van der Waals surface area contributed by atoms with E-state index in [2.05, 4.69) is 44.5 Å². The van der Waals surface area contributed by atoms with Gasteiger partial charge in [0.1, 0.15) is 5.82 Å². The Bertz CT molecular complexity index is 811. The lowest BCUT2D eigenvalue weighted by atomic mass is 10.2. The smallest absolute Gasteiger partial charge is 0.115 e. The fourth-order valence-electron chi connectivity index (χ4n) is 2.47. The minimum absolute atomic E-state index is 0.522. The average molecular weight is 384 g/mol. The predicted molar refractivity (Wildman–Crippen MR) is 92.9 cm³/mol. The molecule has 5 heteroatoms. The van der Waals surface area contributed by atoms with E-state index >= 15 is 0 Å². The molecular formula is C16H13BrCl2N2. The molecule has 1 heterocycles. The number of hydrogen-bond donors (Lipinski definition) is 0. The van der Waals surface area contributed by atoms with Crippen molar-refractivity contribution in [2.75, 3.05) is 5.88 Å². The van der Waals surface area contributed by atoms with Crippen LogP contribution in [0.25, 0.3) is 16.7 Å². The summed E-state index contributed by atoms with van der Waals surface area (Å²) in [5, 5.41) is 0.695. The summed E-state index contributed by atoms with van der Waals surface area (Å²) >= 11 is 15.9. The highest BCUT2D eigenvalue weighted by molar-refractivity contribution is 9.10. The number of alkyl halides is 1. The fourth-order valence-corrected chi connectivity index (χ4v) is 3.24. The first-order chi connectivity index (χ1) is 10.1. The summed E-state index contributed by atoms with van der Waals surface area (Å²) in [7, 11) is 0. The third-order valence-electron chi connectivity index (χ3n) is 3.43. The van der Waals surface area contributed by atoms with Crippen LogP contribution in [0, 0.1) is 6.92 Å². The van der Waals surface area contributed by atoms with E-state index in [1.54, 1.807) is 0 Å². The number of benzene rings is 2. The van der Waals surface area contributed by atoms with E-state index in [0.717, 1.165) is 32.6 Å². The molecule has 0 N–H and O–H groups in total. The Morgan fingerprint density at radius 2 is 2.05 bits per heavy atom. The topological polar surface area (TPSA) is 17.8 Å². The van der Waals surface area contributed by atoms with Gasteiger partial charge in [-0.1, -0.05) is 39.7 Å². The highest BCUT2D eigenvalue weighted by atomic mass is 79.9. The quantitative estimate of drug-likeness (QED) is 0.543. The lowest BCUT2D eigenvalue weighted by molar-refractivity contribution is 0.906. The number of nitrogens with zero attached hydrogens (tertiary/aromatic N) is 2. The number of para-hydroxylation sites is 1. The molecule has 1 aromatic heterocycles. The number of aryl methyl sites for hydroxylation is 2. The molecule has 0 bridgehead atoms. The Hall–Kier alpha value is -1.03. The lowest BCUT2D eigenvalue weighted by Gasteiger charge is -2.13. The van der Waals surface area contributed by atoms with Gasteiger partial charge in [-0.2, -0.15) is 0 Å². The second-order valence-electron chi connectivity index (χ2n) is 4.84. The van der Waals surface area contributed by atoms with Crippen molar-refractivity contribution >= 4 is 50.2 Å². The molecule has 0 aliphatic carbocycles. The van der Waals surface area contributed by atoms with Crippen LogP contribution in [0.15, 0.2) is 40.9 Å². The Morgan fingerprint density at radius 1 is 1.24 bits per heavy atom. The highest BCUT2D eigenvalue weighted by Gasteiger charge is 2.16. The number of rotatable bonds is 3. The summed E-state index contributed by atoms with van der Waals surface area (Å²) in [6, 6.07) is 12.0. The SMILES string of the molecule is Cc1ccc(Br)cc1-n1c(CCCl)nc2cccc(Cl)c21. The molecule has 21 heavy (non-hydrogen) atoms. The van der Waals surface area contributed by atoms with Gasteiger partial charge in [0.25, 0.3) is 0 Å². The first-order valence-corrected chi connectivity index (χ1v) is 8.30. The minimum atomic E-state index is 0.522. The van der Waals surface area contributed by atoms with Crippen molar-refractivity contribution in [3.63, 3.8) is 0 Å². The average Bonchev–Trinajstić information content (AvgIpc) is 2.81. The van der Waals surface area contributed by atoms with Crippen LogP contribution in [0.2, 0.25) is 5.02 Å². The molecule has 108 valence electrons. The Balaban J connectivity index is 2.38. The van der Waals surface area contributed by atoms with E-state index in [1.165, 1.54) is 0 Å². The van der Waals surface area contributed by atoms with Crippen molar-refractivity contribution in [1.29, 1.82) is 0 Å². The predicted octanol–water partition coefficient (Wildman–Crippen LogP) is 5.53. The molecule has 3 rings (SSSR count). The van der Waals surface area contributed by atoms with Gasteiger partial charge in [-0.05, 0) is 36.8 Å². The van der Waals surface area contributed by atoms with Crippen molar-refractivity contribution in [3.05, 3.63) is 57.3 Å². The van der Waals surface area contributed by atoms with Crippen molar-refractivity contribution in [2.45, 2.75) is 13.3 Å². The molecule has 0 fully saturated rings. The number of hydrogen-bond acceptors (Lipinski definition) is 1. The normalized spacial score (nSPS) is 11.2. The van der Waals surface area contributed by atoms with Gasteiger partial charge in [0, 0.05) is 16.8 Å². The largest absolute Gasteiger partial charge is 0.294 e. The highest BCUT2D eigenvalue weighted by Crippen LogP contribution is 2.30. The van der Waals surface area contributed by atoms with E-state index in [-0.39, 0.29) is 0 Å². The summed E-state index contributed by atoms with van der Waals surface area (Å²) < 4.78 is 3.13. The Kier molecular flexibility index (Phi) is 4.25. The zero-order valence-electron chi connectivity index (χ0n) is 11.4. The second kappa shape index (κ2) is 5.99. The summed E-state index contributed by atoms with van der Waals surface area (Å²) in [6.45, 7) is 2.08. The molecule has 0 unspecified atom stereocenters. The van der Waals surface area contributed by atoms with Gasteiger partial charge in [0.2, 0.25) is 0 Å². The van der Waals surface area contributed by atoms with E-state index in [4.69, 9.17) is 23.2 Å². The van der Waals surface area contributed by atoms with Crippen LogP contribution in [-0.4, -0.2) is 15.4 Å². The van der Waals surface area contributed by atoms with Gasteiger partial charge < -0.3 is 0 Å². The van der Waals surface area contributed by atoms with Crippen molar-refractivity contribution in [3.8, 4) is 5.69 Å². The van der Waals surface area contributed by atoms with Crippen LogP contribution in [0.1, 0.15) is 11.4 Å². The summed E-state index contributed by atoms with van der Waals surface area (Å²) in [5.41, 5.74) is 4.05. The van der Waals surface area contributed by atoms with Gasteiger partial charge >= 0.3 is 0 Å². The van der Waals surface area contributed by atoms with Gasteiger partial charge in [-0.15, -0.1) is 11.6 Å². The Morgan fingerprint density at radius 3 is 2.81 bits per heavy atom. The molecule has 0 radical (unpaired) electrons. The molecule has 0 saturated heterocycles. The van der Waals surface area contributed by atoms with Crippen LogP contribution in [0.5, 0.6) is 0 Å². The second-order valence-corrected chi connectivity index (χ2v) is 6.54. The molecule has 2 nitrogen and oxygen atoms in total. The maximum atomic E-state index is 6.41. The summed E-state index contributed by atoms with van der Waals surface area (Å²) in [4.78, 5) is 4.69. The van der Waals surface area contributed by atoms with Gasteiger partial charge in [-0.25, -0.2) is 4.98 Å². The standard InChI is InChI=1S/C16H13BrCl2N2/c1-10-5-6-11(17)9-14(10)21-15(7-8-18)20-13-4-2-3-12(19)16(13)21/h2-6,9H,7-8H2,1H3. The molecule has 0 atom stereocenters. The van der Waals surface area contributed by atoms with E-state index in [9.17, 15) is 0 Å². The fraction of sp³-hybridized carbons (Fsp3) is 0.188. The van der Waals surface area contributed by atoms with Crippen molar-refractivity contribution in [2.24, 2.45) is 0 Å². The van der Waals surface area contributed by atoms with Crippen molar-refractivity contribution in [1.82, 2.24) is 9.55 Å². The van der Waals surface area contributed by atoms with E-state index in [0.29, 0.717) is 17.3 Å². The summed E-state index contributed by atoms with van der Waals surface area (Å²) in [5.74, 6) is 1.45. The van der Waals surface area contributed by atoms with Crippen LogP contribution in [0.4, 0.5) is 0 Å². The van der Waals surface area contributed by atoms with Crippen LogP contribution < -0.4 is 0 Å². The first kappa shape index (κ1) is 14.9. The first-order valence-electron chi connectivity index (χ1n) is 6.60. The minimum Gasteiger partial charge on any atom is -0.294 e. The van der Waals surface area contributed by atoms with Crippen LogP contribution in [0.3, 0.4) is 0 Å². The monoisotopic (exact) mass is 382 g/mol. The van der Waals surface area contributed by atoms with Gasteiger partial charge in [-0.3, -0.25) is 4.57 Å². The van der Waals surface area contributed by atoms with Gasteiger partial charge in [0.05, 0.1) is 21.7 Å². The molecule has 0 spiro atoms. The van der Waals surface area contributed by atoms with E-state index in [1.807, 2.05) is 24.3 Å². The zero-order valence-corrected chi connectivity index (χ0v) is 14.5. The molecular weight excluding hydrogens is 371 g/mol. The third kappa shape index (κ3) is 2.70. The molecule has 0 amide bonds. The maximum absolute atomic E-state index is 6.41. The molecule has 3 aromatic rings. The molecule has 2 aromatic carbocycles.